The van der Waals surface area contributed by atoms with Gasteiger partial charge in [0.2, 0.25) is 0 Å². The second-order valence-electron chi connectivity index (χ2n) is 3.85. The molecule has 94 valence electrons. The number of aromatic carboxylic acids is 1. The van der Waals surface area contributed by atoms with E-state index < -0.39 is 5.97 Å². The Morgan fingerprint density at radius 3 is 2.95 bits per heavy atom. The van der Waals surface area contributed by atoms with Crippen LogP contribution >= 0.6 is 15.9 Å². The summed E-state index contributed by atoms with van der Waals surface area (Å²) in [5.41, 5.74) is 1.92. The van der Waals surface area contributed by atoms with Crippen LogP contribution in [0.25, 0.3) is 22.2 Å². The highest BCUT2D eigenvalue weighted by Crippen LogP contribution is 2.29. The maximum absolute atomic E-state index is 11.2. The van der Waals surface area contributed by atoms with Gasteiger partial charge in [0.15, 0.2) is 11.3 Å². The van der Waals surface area contributed by atoms with Crippen molar-refractivity contribution in [2.75, 3.05) is 0 Å². The molecular formula is C12H7BrN4O2. The second kappa shape index (κ2) is 4.43. The van der Waals surface area contributed by atoms with Gasteiger partial charge in [-0.05, 0) is 33.6 Å². The molecule has 7 heteroatoms. The summed E-state index contributed by atoms with van der Waals surface area (Å²) in [5.74, 6) is -1.09. The van der Waals surface area contributed by atoms with Gasteiger partial charge in [0.1, 0.15) is 0 Å². The molecule has 0 radical (unpaired) electrons. The Bertz CT molecular complexity index is 784. The number of pyridine rings is 2. The average Bonchev–Trinajstić information content (AvgIpc) is 2.82. The van der Waals surface area contributed by atoms with Crippen molar-refractivity contribution in [3.05, 3.63) is 40.9 Å². The Kier molecular flexibility index (Phi) is 2.75. The molecule has 3 aromatic rings. The van der Waals surface area contributed by atoms with E-state index in [0.717, 1.165) is 15.6 Å². The maximum Gasteiger partial charge on any atom is 0.357 e. The largest absolute Gasteiger partial charge is 0.476 e. The number of carbonyl (C=O) groups is 1. The second-order valence-corrected chi connectivity index (χ2v) is 4.77. The number of carboxylic acids is 1. The monoisotopic (exact) mass is 318 g/mol. The predicted molar refractivity (Wildman–Crippen MR) is 71.8 cm³/mol. The minimum absolute atomic E-state index is 0.0434. The molecule has 0 fully saturated rings. The van der Waals surface area contributed by atoms with Crippen molar-refractivity contribution in [1.29, 1.82) is 0 Å². The number of hydrogen-bond donors (Lipinski definition) is 2. The number of carboxylic acid groups (broad SMARTS) is 1. The first-order valence-corrected chi connectivity index (χ1v) is 6.13. The molecule has 19 heavy (non-hydrogen) atoms. The van der Waals surface area contributed by atoms with Crippen LogP contribution in [0.1, 0.15) is 10.5 Å². The first kappa shape index (κ1) is 11.8. The van der Waals surface area contributed by atoms with E-state index in [9.17, 15) is 4.79 Å². The third-order valence-electron chi connectivity index (χ3n) is 2.68. The summed E-state index contributed by atoms with van der Waals surface area (Å²) in [7, 11) is 0. The fourth-order valence-corrected chi connectivity index (χ4v) is 2.27. The highest BCUT2D eigenvalue weighted by Gasteiger charge is 2.17. The van der Waals surface area contributed by atoms with Crippen LogP contribution in [0.3, 0.4) is 0 Å². The molecule has 0 unspecified atom stereocenters. The molecule has 0 aromatic carbocycles. The van der Waals surface area contributed by atoms with Crippen molar-refractivity contribution in [3.8, 4) is 11.1 Å². The van der Waals surface area contributed by atoms with Gasteiger partial charge < -0.3 is 5.11 Å². The lowest BCUT2D eigenvalue weighted by Gasteiger charge is -2.03. The number of H-pyrrole nitrogens is 1. The summed E-state index contributed by atoms with van der Waals surface area (Å²) in [4.78, 5) is 19.4. The van der Waals surface area contributed by atoms with Crippen LogP contribution in [0.15, 0.2) is 35.2 Å². The Balaban J connectivity index is 2.35. The van der Waals surface area contributed by atoms with Gasteiger partial charge in [0.05, 0.1) is 5.39 Å². The number of halogens is 1. The first-order valence-electron chi connectivity index (χ1n) is 5.34. The molecule has 0 saturated carbocycles. The van der Waals surface area contributed by atoms with Gasteiger partial charge in [0, 0.05) is 28.6 Å². The molecule has 0 spiro atoms. The van der Waals surface area contributed by atoms with Gasteiger partial charge in [-0.25, -0.2) is 9.78 Å². The summed E-state index contributed by atoms with van der Waals surface area (Å²) in [6, 6.07) is 3.61. The van der Waals surface area contributed by atoms with Gasteiger partial charge in [0.25, 0.3) is 0 Å². The van der Waals surface area contributed by atoms with Crippen molar-refractivity contribution in [2.24, 2.45) is 0 Å². The summed E-state index contributed by atoms with van der Waals surface area (Å²) in [6.07, 6.45) is 4.93. The Hall–Kier alpha value is -2.28. The van der Waals surface area contributed by atoms with Crippen molar-refractivity contribution >= 4 is 32.9 Å². The standard InChI is InChI=1S/C12H7BrN4O2/c13-7-3-6(4-14-5-7)8-1-2-15-11-9(8)10(12(18)19)16-17-11/h1-5H,(H,18,19)(H,15,16,17). The van der Waals surface area contributed by atoms with E-state index in [4.69, 9.17) is 5.11 Å². The quantitative estimate of drug-likeness (QED) is 0.757. The topological polar surface area (TPSA) is 91.8 Å². The SMILES string of the molecule is O=C(O)c1n[nH]c2nccc(-c3cncc(Br)c3)c12. The number of aromatic nitrogens is 4. The van der Waals surface area contributed by atoms with E-state index in [2.05, 4.69) is 36.1 Å². The van der Waals surface area contributed by atoms with Crippen LogP contribution in [0.2, 0.25) is 0 Å². The first-order chi connectivity index (χ1) is 9.16. The van der Waals surface area contributed by atoms with E-state index in [1.165, 1.54) is 0 Å². The minimum atomic E-state index is -1.09. The third kappa shape index (κ3) is 1.97. The molecule has 0 bridgehead atoms. The number of nitrogens with one attached hydrogen (secondary N) is 1. The van der Waals surface area contributed by atoms with Gasteiger partial charge in [-0.1, -0.05) is 0 Å². The predicted octanol–water partition coefficient (Wildman–Crippen LogP) is 2.48. The zero-order valence-corrected chi connectivity index (χ0v) is 11.0. The van der Waals surface area contributed by atoms with E-state index >= 15 is 0 Å². The van der Waals surface area contributed by atoms with Crippen LogP contribution in [0.5, 0.6) is 0 Å². The van der Waals surface area contributed by atoms with Crippen molar-refractivity contribution < 1.29 is 9.90 Å². The van der Waals surface area contributed by atoms with Gasteiger partial charge in [-0.2, -0.15) is 5.10 Å². The number of aromatic amines is 1. The third-order valence-corrected chi connectivity index (χ3v) is 3.11. The fourth-order valence-electron chi connectivity index (χ4n) is 1.91. The summed E-state index contributed by atoms with van der Waals surface area (Å²) in [5, 5.41) is 16.0. The van der Waals surface area contributed by atoms with Crippen LogP contribution in [-0.4, -0.2) is 31.2 Å². The zero-order chi connectivity index (χ0) is 13.4. The van der Waals surface area contributed by atoms with E-state index in [-0.39, 0.29) is 5.69 Å². The Morgan fingerprint density at radius 1 is 1.37 bits per heavy atom. The van der Waals surface area contributed by atoms with E-state index in [1.807, 2.05) is 6.07 Å². The fraction of sp³-hybridized carbons (Fsp3) is 0. The number of rotatable bonds is 2. The van der Waals surface area contributed by atoms with Gasteiger partial charge >= 0.3 is 5.97 Å². The number of fused-ring (bicyclic) bond motifs is 1. The summed E-state index contributed by atoms with van der Waals surface area (Å²) < 4.78 is 0.815. The highest BCUT2D eigenvalue weighted by molar-refractivity contribution is 9.10. The van der Waals surface area contributed by atoms with Crippen molar-refractivity contribution in [2.45, 2.75) is 0 Å². The summed E-state index contributed by atoms with van der Waals surface area (Å²) in [6.45, 7) is 0. The maximum atomic E-state index is 11.2. The van der Waals surface area contributed by atoms with E-state index in [1.54, 1.807) is 24.7 Å². The lowest BCUT2D eigenvalue weighted by atomic mass is 10.0. The zero-order valence-electron chi connectivity index (χ0n) is 9.46. The molecule has 3 rings (SSSR count). The molecule has 0 atom stereocenters. The van der Waals surface area contributed by atoms with Gasteiger partial charge in [-0.15, -0.1) is 0 Å². The Morgan fingerprint density at radius 2 is 2.21 bits per heavy atom. The normalized spacial score (nSPS) is 10.8. The molecule has 0 aliphatic rings. The smallest absolute Gasteiger partial charge is 0.357 e. The molecule has 0 aliphatic heterocycles. The Labute approximate surface area is 115 Å². The van der Waals surface area contributed by atoms with Crippen molar-refractivity contribution in [1.82, 2.24) is 20.2 Å². The molecule has 3 aromatic heterocycles. The molecule has 0 amide bonds. The van der Waals surface area contributed by atoms with Gasteiger partial charge in [-0.3, -0.25) is 10.1 Å². The van der Waals surface area contributed by atoms with Crippen LogP contribution in [0.4, 0.5) is 0 Å². The molecule has 0 saturated heterocycles. The highest BCUT2D eigenvalue weighted by atomic mass is 79.9. The minimum Gasteiger partial charge on any atom is -0.476 e. The average molecular weight is 319 g/mol. The van der Waals surface area contributed by atoms with Crippen LogP contribution in [0, 0.1) is 0 Å². The number of hydrogen-bond acceptors (Lipinski definition) is 4. The molecule has 2 N–H and O–H groups in total. The lowest BCUT2D eigenvalue weighted by Crippen LogP contribution is -1.98. The molecular weight excluding hydrogens is 312 g/mol. The van der Waals surface area contributed by atoms with E-state index in [0.29, 0.717) is 11.0 Å². The van der Waals surface area contributed by atoms with Crippen LogP contribution < -0.4 is 0 Å². The molecule has 6 nitrogen and oxygen atoms in total. The summed E-state index contributed by atoms with van der Waals surface area (Å²) >= 11 is 3.34. The lowest BCUT2D eigenvalue weighted by molar-refractivity contribution is 0.0692. The molecule has 0 aliphatic carbocycles. The van der Waals surface area contributed by atoms with Crippen LogP contribution in [-0.2, 0) is 0 Å². The number of nitrogens with zero attached hydrogens (tertiary/aromatic N) is 3. The molecule has 3 heterocycles. The van der Waals surface area contributed by atoms with Crippen molar-refractivity contribution in [3.63, 3.8) is 0 Å².